The Bertz CT molecular complexity index is 744. The summed E-state index contributed by atoms with van der Waals surface area (Å²) in [6.07, 6.45) is 0.473. The van der Waals surface area contributed by atoms with Gasteiger partial charge in [0, 0.05) is 24.5 Å². The number of alkyl carbamates (subject to hydrolysis) is 1. The molecule has 0 saturated heterocycles. The third kappa shape index (κ3) is 14.5. The molecule has 0 bridgehead atoms. The van der Waals surface area contributed by atoms with Crippen molar-refractivity contribution in [2.24, 2.45) is 5.92 Å². The summed E-state index contributed by atoms with van der Waals surface area (Å²) in [5, 5.41) is 12.2. The van der Waals surface area contributed by atoms with Gasteiger partial charge in [-0.2, -0.15) is 0 Å². The van der Waals surface area contributed by atoms with Crippen molar-refractivity contribution in [3.8, 4) is 5.75 Å². The normalized spacial score (nSPS) is 11.1. The zero-order chi connectivity index (χ0) is 23.3. The molecule has 0 aliphatic carbocycles. The van der Waals surface area contributed by atoms with E-state index in [-0.39, 0.29) is 11.8 Å². The second kappa shape index (κ2) is 14.0. The molecule has 2 aromatic carbocycles. The molecule has 6 heteroatoms. The first-order valence-corrected chi connectivity index (χ1v) is 11.5. The van der Waals surface area contributed by atoms with E-state index in [2.05, 4.69) is 42.5 Å². The smallest absolute Gasteiger partial charge is 0.407 e. The highest BCUT2D eigenvalue weighted by Gasteiger charge is 2.16. The van der Waals surface area contributed by atoms with Crippen molar-refractivity contribution in [2.75, 3.05) is 19.6 Å². The standard InChI is InChI=1S/C18H30N2O3S.C7H8/c1-14(2)13-20(24-16-9-7-15(21)8-10-16)12-6-11-19-17(22)23-18(3,4)5;1-7-5-3-2-4-6-7/h7-10,14,21H,6,11-13H2,1-5H3,(H,19,22);2-6H,1H3. The molecule has 0 aliphatic heterocycles. The third-order valence-electron chi connectivity index (χ3n) is 3.83. The minimum atomic E-state index is -0.470. The summed E-state index contributed by atoms with van der Waals surface area (Å²) in [5.41, 5.74) is 0.852. The van der Waals surface area contributed by atoms with E-state index in [1.807, 2.05) is 51.1 Å². The van der Waals surface area contributed by atoms with Crippen molar-refractivity contribution in [1.82, 2.24) is 9.62 Å². The van der Waals surface area contributed by atoms with Crippen LogP contribution in [0, 0.1) is 12.8 Å². The van der Waals surface area contributed by atoms with Gasteiger partial charge in [0.15, 0.2) is 0 Å². The van der Waals surface area contributed by atoms with Gasteiger partial charge in [0.1, 0.15) is 11.4 Å². The van der Waals surface area contributed by atoms with Gasteiger partial charge < -0.3 is 15.2 Å². The number of phenols is 1. The molecule has 5 nitrogen and oxygen atoms in total. The van der Waals surface area contributed by atoms with E-state index >= 15 is 0 Å². The predicted octanol–water partition coefficient (Wildman–Crippen LogP) is 6.27. The Morgan fingerprint density at radius 3 is 2.19 bits per heavy atom. The van der Waals surface area contributed by atoms with Gasteiger partial charge in [-0.05, 0) is 76.2 Å². The topological polar surface area (TPSA) is 61.8 Å². The molecular formula is C25H38N2O3S. The third-order valence-corrected chi connectivity index (χ3v) is 4.91. The first-order chi connectivity index (χ1) is 14.5. The monoisotopic (exact) mass is 446 g/mol. The highest BCUT2D eigenvalue weighted by atomic mass is 32.2. The molecule has 0 heterocycles. The first kappa shape index (κ1) is 26.9. The Morgan fingerprint density at radius 1 is 1.10 bits per heavy atom. The number of nitrogens with one attached hydrogen (secondary N) is 1. The first-order valence-electron chi connectivity index (χ1n) is 10.8. The lowest BCUT2D eigenvalue weighted by Gasteiger charge is -2.23. The van der Waals surface area contributed by atoms with Crippen molar-refractivity contribution >= 4 is 18.0 Å². The Labute approximate surface area is 192 Å². The number of phenolic OH excluding ortho intramolecular Hbond substituents is 1. The average molecular weight is 447 g/mol. The number of carbonyl (C=O) groups excluding carboxylic acids is 1. The Balaban J connectivity index is 0.000000577. The van der Waals surface area contributed by atoms with E-state index in [1.165, 1.54) is 5.56 Å². The van der Waals surface area contributed by atoms with Gasteiger partial charge in [-0.25, -0.2) is 9.10 Å². The second-order valence-corrected chi connectivity index (χ2v) is 9.97. The number of rotatable bonds is 8. The molecule has 2 N–H and O–H groups in total. The summed E-state index contributed by atoms with van der Waals surface area (Å²) < 4.78 is 7.51. The molecule has 0 aliphatic rings. The summed E-state index contributed by atoms with van der Waals surface area (Å²) in [7, 11) is 0. The van der Waals surface area contributed by atoms with Crippen LogP contribution in [0.5, 0.6) is 5.75 Å². The van der Waals surface area contributed by atoms with Crippen molar-refractivity contribution in [1.29, 1.82) is 0 Å². The number of ether oxygens (including phenoxy) is 1. The Morgan fingerprint density at radius 2 is 1.71 bits per heavy atom. The number of hydrogen-bond donors (Lipinski definition) is 2. The molecule has 0 spiro atoms. The number of aryl methyl sites for hydroxylation is 1. The quantitative estimate of drug-likeness (QED) is 0.370. The fraction of sp³-hybridized carbons (Fsp3) is 0.480. The average Bonchev–Trinajstić information content (AvgIpc) is 2.66. The van der Waals surface area contributed by atoms with E-state index < -0.39 is 5.60 Å². The molecule has 0 atom stereocenters. The molecular weight excluding hydrogens is 408 g/mol. The maximum absolute atomic E-state index is 11.6. The van der Waals surface area contributed by atoms with Crippen LogP contribution in [0.2, 0.25) is 0 Å². The molecule has 2 rings (SSSR count). The molecule has 31 heavy (non-hydrogen) atoms. The summed E-state index contributed by atoms with van der Waals surface area (Å²) in [6.45, 7) is 14.4. The lowest BCUT2D eigenvalue weighted by Crippen LogP contribution is -2.34. The Kier molecular flexibility index (Phi) is 12.1. The zero-order valence-corrected chi connectivity index (χ0v) is 20.5. The molecule has 0 unspecified atom stereocenters. The molecule has 0 aromatic heterocycles. The van der Waals surface area contributed by atoms with E-state index in [4.69, 9.17) is 4.74 Å². The van der Waals surface area contributed by atoms with E-state index in [9.17, 15) is 9.90 Å². The van der Waals surface area contributed by atoms with Gasteiger partial charge in [-0.3, -0.25) is 0 Å². The largest absolute Gasteiger partial charge is 0.508 e. The summed E-state index contributed by atoms with van der Waals surface area (Å²) in [4.78, 5) is 12.7. The summed E-state index contributed by atoms with van der Waals surface area (Å²) >= 11 is 1.67. The van der Waals surface area contributed by atoms with Crippen LogP contribution in [0.4, 0.5) is 4.79 Å². The maximum Gasteiger partial charge on any atom is 0.407 e. The molecule has 0 radical (unpaired) electrons. The minimum absolute atomic E-state index is 0.274. The van der Waals surface area contributed by atoms with Gasteiger partial charge in [0.2, 0.25) is 0 Å². The summed E-state index contributed by atoms with van der Waals surface area (Å²) in [6, 6.07) is 17.5. The van der Waals surface area contributed by atoms with E-state index in [0.717, 1.165) is 24.4 Å². The van der Waals surface area contributed by atoms with Gasteiger partial charge >= 0.3 is 6.09 Å². The van der Waals surface area contributed by atoms with Gasteiger partial charge in [-0.1, -0.05) is 49.7 Å². The van der Waals surface area contributed by atoms with Crippen LogP contribution in [0.1, 0.15) is 46.6 Å². The molecule has 0 saturated carbocycles. The van der Waals surface area contributed by atoms with Crippen molar-refractivity contribution < 1.29 is 14.6 Å². The highest BCUT2D eigenvalue weighted by Crippen LogP contribution is 2.25. The van der Waals surface area contributed by atoms with Crippen LogP contribution in [0.25, 0.3) is 0 Å². The number of nitrogens with zero attached hydrogens (tertiary/aromatic N) is 1. The number of amides is 1. The highest BCUT2D eigenvalue weighted by molar-refractivity contribution is 7.97. The Hall–Kier alpha value is -2.18. The van der Waals surface area contributed by atoms with Crippen LogP contribution < -0.4 is 5.32 Å². The van der Waals surface area contributed by atoms with Gasteiger partial charge in [-0.15, -0.1) is 0 Å². The maximum atomic E-state index is 11.6. The van der Waals surface area contributed by atoms with Crippen LogP contribution in [-0.4, -0.2) is 40.7 Å². The zero-order valence-electron chi connectivity index (χ0n) is 19.7. The van der Waals surface area contributed by atoms with E-state index in [0.29, 0.717) is 12.5 Å². The van der Waals surface area contributed by atoms with Crippen LogP contribution in [0.3, 0.4) is 0 Å². The lowest BCUT2D eigenvalue weighted by atomic mass is 10.2. The number of carbonyl (C=O) groups is 1. The van der Waals surface area contributed by atoms with Crippen molar-refractivity contribution in [3.63, 3.8) is 0 Å². The van der Waals surface area contributed by atoms with Gasteiger partial charge in [0.25, 0.3) is 0 Å². The van der Waals surface area contributed by atoms with Crippen LogP contribution in [-0.2, 0) is 4.74 Å². The number of benzene rings is 2. The van der Waals surface area contributed by atoms with Crippen LogP contribution >= 0.6 is 11.9 Å². The minimum Gasteiger partial charge on any atom is -0.508 e. The fourth-order valence-electron chi connectivity index (χ4n) is 2.53. The van der Waals surface area contributed by atoms with Gasteiger partial charge in [0.05, 0.1) is 0 Å². The number of hydrogen-bond acceptors (Lipinski definition) is 5. The summed E-state index contributed by atoms with van der Waals surface area (Å²) in [5.74, 6) is 0.824. The SMILES string of the molecule is CC(C)CN(CCCNC(=O)OC(C)(C)C)Sc1ccc(O)cc1.Cc1ccccc1. The second-order valence-electron chi connectivity index (χ2n) is 8.80. The van der Waals surface area contributed by atoms with Crippen molar-refractivity contribution in [3.05, 3.63) is 60.2 Å². The molecule has 1 amide bonds. The lowest BCUT2D eigenvalue weighted by molar-refractivity contribution is 0.0526. The van der Waals surface area contributed by atoms with E-state index in [1.54, 1.807) is 24.1 Å². The fourth-order valence-corrected chi connectivity index (χ4v) is 3.68. The van der Waals surface area contributed by atoms with Crippen LogP contribution in [0.15, 0.2) is 59.5 Å². The number of aromatic hydroxyl groups is 1. The molecule has 2 aromatic rings. The predicted molar refractivity (Wildman–Crippen MR) is 130 cm³/mol. The molecule has 0 fully saturated rings. The molecule has 172 valence electrons. The van der Waals surface area contributed by atoms with Crippen molar-refractivity contribution in [2.45, 2.75) is 58.5 Å².